The van der Waals surface area contributed by atoms with Gasteiger partial charge in [0, 0.05) is 25.3 Å². The molecule has 0 aliphatic carbocycles. The predicted octanol–water partition coefficient (Wildman–Crippen LogP) is 2.90. The minimum Gasteiger partial charge on any atom is -0.336 e. The molecule has 2 aromatic rings. The normalized spacial score (nSPS) is 14.8. The number of aliphatic imine (C=N–C) groups is 1. The number of imidazole rings is 1. The fraction of sp³-hybridized carbons (Fsp3) is 0.357. The molecule has 5 nitrogen and oxygen atoms in total. The Balaban J connectivity index is 0.00000161. The zero-order chi connectivity index (χ0) is 14.1. The van der Waals surface area contributed by atoms with E-state index in [0.717, 1.165) is 39.9 Å². The molecule has 0 saturated heterocycles. The highest BCUT2D eigenvalue weighted by atomic mass is 32.2. The van der Waals surface area contributed by atoms with Crippen molar-refractivity contribution in [3.63, 3.8) is 0 Å². The average molecular weight is 290 g/mol. The summed E-state index contributed by atoms with van der Waals surface area (Å²) in [4.78, 5) is 23.9. The second-order valence-corrected chi connectivity index (χ2v) is 6.08. The number of carbonyl (C=O) groups is 1. The number of hydrogen-bond acceptors (Lipinski definition) is 4. The van der Waals surface area contributed by atoms with Crippen LogP contribution >= 0.6 is 11.8 Å². The number of benzene rings is 1. The molecule has 0 spiro atoms. The van der Waals surface area contributed by atoms with Crippen molar-refractivity contribution in [2.75, 3.05) is 17.6 Å². The van der Waals surface area contributed by atoms with Crippen LogP contribution in [0.4, 0.5) is 5.69 Å². The SMILES string of the molecule is CC(C)C(=O)Nc1ccc2nc(C3=NCCS3)[nH]c2c1.[HH]. The molecule has 0 saturated carbocycles. The molecule has 1 amide bonds. The van der Waals surface area contributed by atoms with Gasteiger partial charge in [-0.3, -0.25) is 9.79 Å². The zero-order valence-electron chi connectivity index (χ0n) is 11.4. The van der Waals surface area contributed by atoms with Gasteiger partial charge >= 0.3 is 0 Å². The fourth-order valence-corrected chi connectivity index (χ4v) is 2.75. The second kappa shape index (κ2) is 5.28. The molecule has 0 atom stereocenters. The minimum atomic E-state index is -0.0349. The lowest BCUT2D eigenvalue weighted by Gasteiger charge is -2.07. The number of hydrogen-bond donors (Lipinski definition) is 2. The molecule has 1 aromatic carbocycles. The Morgan fingerprint density at radius 1 is 1.50 bits per heavy atom. The molecule has 1 aromatic heterocycles. The standard InChI is InChI=1S/C14H16N4OS.H2/c1-8(2)13(19)16-9-3-4-10-11(7-9)18-12(17-10)14-15-5-6-20-14;/h3-4,7-8H,5-6H2,1-2H3,(H,16,19)(H,17,18);1H. The van der Waals surface area contributed by atoms with E-state index in [2.05, 4.69) is 20.3 Å². The van der Waals surface area contributed by atoms with E-state index in [1.807, 2.05) is 32.0 Å². The van der Waals surface area contributed by atoms with E-state index in [1.165, 1.54) is 0 Å². The van der Waals surface area contributed by atoms with Crippen molar-refractivity contribution in [3.05, 3.63) is 24.0 Å². The monoisotopic (exact) mass is 290 g/mol. The molecule has 106 valence electrons. The van der Waals surface area contributed by atoms with Crippen molar-refractivity contribution < 1.29 is 6.22 Å². The van der Waals surface area contributed by atoms with Crippen molar-refractivity contribution in [2.24, 2.45) is 10.9 Å². The van der Waals surface area contributed by atoms with Gasteiger partial charge in [0.05, 0.1) is 11.0 Å². The van der Waals surface area contributed by atoms with Crippen LogP contribution in [0.5, 0.6) is 0 Å². The molecule has 2 heterocycles. The number of amides is 1. The first-order valence-corrected chi connectivity index (χ1v) is 7.60. The quantitative estimate of drug-likeness (QED) is 0.913. The molecule has 20 heavy (non-hydrogen) atoms. The Bertz CT molecular complexity index is 695. The van der Waals surface area contributed by atoms with Gasteiger partial charge in [-0.05, 0) is 18.2 Å². The van der Waals surface area contributed by atoms with Gasteiger partial charge in [0.1, 0.15) is 5.04 Å². The number of carbonyl (C=O) groups excluding carboxylic acids is 1. The largest absolute Gasteiger partial charge is 0.336 e. The fourth-order valence-electron chi connectivity index (χ4n) is 1.95. The van der Waals surface area contributed by atoms with Crippen LogP contribution in [0.25, 0.3) is 11.0 Å². The van der Waals surface area contributed by atoms with Gasteiger partial charge in [0.15, 0.2) is 5.82 Å². The topological polar surface area (TPSA) is 70.1 Å². The summed E-state index contributed by atoms with van der Waals surface area (Å²) in [6.07, 6.45) is 0. The van der Waals surface area contributed by atoms with Crippen LogP contribution in [0.15, 0.2) is 23.2 Å². The molecule has 0 bridgehead atoms. The number of fused-ring (bicyclic) bond motifs is 1. The van der Waals surface area contributed by atoms with Crippen LogP contribution < -0.4 is 5.32 Å². The van der Waals surface area contributed by atoms with E-state index >= 15 is 0 Å². The predicted molar refractivity (Wildman–Crippen MR) is 85.5 cm³/mol. The summed E-state index contributed by atoms with van der Waals surface area (Å²) >= 11 is 1.72. The Labute approximate surface area is 122 Å². The van der Waals surface area contributed by atoms with Crippen molar-refractivity contribution in [1.29, 1.82) is 0 Å². The Morgan fingerprint density at radius 2 is 2.35 bits per heavy atom. The highest BCUT2D eigenvalue weighted by Crippen LogP contribution is 2.22. The number of aromatic nitrogens is 2. The summed E-state index contributed by atoms with van der Waals surface area (Å²) in [6, 6.07) is 5.69. The number of rotatable bonds is 3. The second-order valence-electron chi connectivity index (χ2n) is 5.00. The summed E-state index contributed by atoms with van der Waals surface area (Å²) in [5.41, 5.74) is 2.59. The molecule has 0 radical (unpaired) electrons. The van der Waals surface area contributed by atoms with Gasteiger partial charge < -0.3 is 10.3 Å². The molecule has 0 fully saturated rings. The van der Waals surface area contributed by atoms with Crippen LogP contribution in [0.3, 0.4) is 0 Å². The average Bonchev–Trinajstić information content (AvgIpc) is 3.06. The summed E-state index contributed by atoms with van der Waals surface area (Å²) < 4.78 is 0. The molecule has 2 N–H and O–H groups in total. The minimum absolute atomic E-state index is 0. The Kier molecular flexibility index (Phi) is 3.48. The highest BCUT2D eigenvalue weighted by molar-refractivity contribution is 8.14. The molecular weight excluding hydrogens is 272 g/mol. The first-order chi connectivity index (χ1) is 9.63. The summed E-state index contributed by atoms with van der Waals surface area (Å²) in [6.45, 7) is 4.60. The first kappa shape index (κ1) is 13.2. The lowest BCUT2D eigenvalue weighted by molar-refractivity contribution is -0.118. The maximum atomic E-state index is 11.7. The number of thioether (sulfide) groups is 1. The first-order valence-electron chi connectivity index (χ1n) is 6.62. The van der Waals surface area contributed by atoms with Crippen molar-refractivity contribution >= 4 is 39.4 Å². The third kappa shape index (κ3) is 2.56. The molecule has 6 heteroatoms. The van der Waals surface area contributed by atoms with Gasteiger partial charge in [0.25, 0.3) is 0 Å². The Hall–Kier alpha value is -1.82. The molecular formula is C14H18N4OS. The smallest absolute Gasteiger partial charge is 0.226 e. The lowest BCUT2D eigenvalue weighted by Crippen LogP contribution is -2.17. The van der Waals surface area contributed by atoms with Crippen molar-refractivity contribution in [2.45, 2.75) is 13.8 Å². The van der Waals surface area contributed by atoms with E-state index in [4.69, 9.17) is 0 Å². The third-order valence-electron chi connectivity index (χ3n) is 3.06. The molecule has 1 aliphatic rings. The summed E-state index contributed by atoms with van der Waals surface area (Å²) in [5, 5.41) is 3.86. The van der Waals surface area contributed by atoms with E-state index in [-0.39, 0.29) is 13.3 Å². The van der Waals surface area contributed by atoms with E-state index in [0.29, 0.717) is 0 Å². The van der Waals surface area contributed by atoms with Crippen molar-refractivity contribution in [1.82, 2.24) is 9.97 Å². The molecule has 3 rings (SSSR count). The van der Waals surface area contributed by atoms with Crippen LogP contribution in [0, 0.1) is 5.92 Å². The van der Waals surface area contributed by atoms with Gasteiger partial charge in [-0.25, -0.2) is 4.98 Å². The molecule has 1 aliphatic heterocycles. The summed E-state index contributed by atoms with van der Waals surface area (Å²) in [5.74, 6) is 1.81. The zero-order valence-corrected chi connectivity index (χ0v) is 12.3. The van der Waals surface area contributed by atoms with Gasteiger partial charge in [0.2, 0.25) is 5.91 Å². The maximum Gasteiger partial charge on any atom is 0.226 e. The number of anilines is 1. The Morgan fingerprint density at radius 3 is 3.05 bits per heavy atom. The third-order valence-corrected chi connectivity index (χ3v) is 4.04. The van der Waals surface area contributed by atoms with E-state index in [9.17, 15) is 4.79 Å². The summed E-state index contributed by atoms with van der Waals surface area (Å²) in [7, 11) is 0. The van der Waals surface area contributed by atoms with E-state index < -0.39 is 0 Å². The van der Waals surface area contributed by atoms with Crippen LogP contribution in [0.1, 0.15) is 21.1 Å². The number of aromatic amines is 1. The van der Waals surface area contributed by atoms with Gasteiger partial charge in [-0.2, -0.15) is 0 Å². The number of nitrogens with zero attached hydrogens (tertiary/aromatic N) is 2. The number of nitrogens with one attached hydrogen (secondary N) is 2. The van der Waals surface area contributed by atoms with Crippen LogP contribution in [0.2, 0.25) is 0 Å². The lowest BCUT2D eigenvalue weighted by atomic mass is 10.2. The molecule has 0 unspecified atom stereocenters. The van der Waals surface area contributed by atoms with Crippen LogP contribution in [-0.4, -0.2) is 33.2 Å². The van der Waals surface area contributed by atoms with E-state index in [1.54, 1.807) is 11.8 Å². The maximum absolute atomic E-state index is 11.7. The highest BCUT2D eigenvalue weighted by Gasteiger charge is 2.14. The van der Waals surface area contributed by atoms with Crippen LogP contribution in [-0.2, 0) is 4.79 Å². The van der Waals surface area contributed by atoms with Gasteiger partial charge in [-0.15, -0.1) is 11.8 Å². The van der Waals surface area contributed by atoms with Crippen molar-refractivity contribution in [3.8, 4) is 0 Å². The number of H-pyrrole nitrogens is 1. The van der Waals surface area contributed by atoms with Gasteiger partial charge in [-0.1, -0.05) is 13.8 Å².